The minimum Gasteiger partial charge on any atom is -0.444 e. The summed E-state index contributed by atoms with van der Waals surface area (Å²) in [5.74, 6) is 0. The largest absolute Gasteiger partial charge is 0.444 e. The van der Waals surface area contributed by atoms with Crippen LogP contribution in [0.3, 0.4) is 0 Å². The monoisotopic (exact) mass is 429 g/mol. The summed E-state index contributed by atoms with van der Waals surface area (Å²) in [4.78, 5) is 15.8. The van der Waals surface area contributed by atoms with Gasteiger partial charge in [0.25, 0.3) is 11.3 Å². The summed E-state index contributed by atoms with van der Waals surface area (Å²) in [6.45, 7) is 5.59. The molecular weight excluding hydrogens is 410 g/mol. The van der Waals surface area contributed by atoms with E-state index in [-0.39, 0.29) is 13.1 Å². The lowest BCUT2D eigenvalue weighted by Crippen LogP contribution is -2.38. The summed E-state index contributed by atoms with van der Waals surface area (Å²) in [5, 5.41) is 4.21. The third-order valence-corrected chi connectivity index (χ3v) is 4.35. The van der Waals surface area contributed by atoms with Crippen molar-refractivity contribution in [3.8, 4) is 0 Å². The van der Waals surface area contributed by atoms with Crippen molar-refractivity contribution in [2.45, 2.75) is 26.4 Å². The SMILES string of the molecule is CC(C)(C)OC(=O)NCCN(c1cc(Br)cc2cnccc12)S(=O)O. The molecule has 1 aromatic heterocycles. The molecule has 2 aromatic rings. The van der Waals surface area contributed by atoms with Crippen LogP contribution in [0.4, 0.5) is 10.5 Å². The summed E-state index contributed by atoms with van der Waals surface area (Å²) in [7, 11) is 0. The Hall–Kier alpha value is -1.71. The number of pyridine rings is 1. The Bertz CT molecular complexity index is 795. The first kappa shape index (κ1) is 19.6. The standard InChI is InChI=1S/C16H20BrN3O4S/c1-16(2,3)24-15(21)19-6-7-20(25(22)23)14-9-12(17)8-11-10-18-5-4-13(11)14/h4-5,8-10H,6-7H2,1-3H3,(H,19,21)(H,22,23). The molecule has 0 bridgehead atoms. The molecule has 0 aliphatic rings. The van der Waals surface area contributed by atoms with E-state index in [1.54, 1.807) is 45.3 Å². The van der Waals surface area contributed by atoms with Crippen LogP contribution >= 0.6 is 15.9 Å². The van der Waals surface area contributed by atoms with Gasteiger partial charge in [0.15, 0.2) is 0 Å². The summed E-state index contributed by atoms with van der Waals surface area (Å²) >= 11 is 1.15. The fraction of sp³-hybridized carbons (Fsp3) is 0.375. The van der Waals surface area contributed by atoms with Crippen LogP contribution in [0, 0.1) is 0 Å². The molecule has 0 radical (unpaired) electrons. The molecule has 9 heteroatoms. The van der Waals surface area contributed by atoms with Gasteiger partial charge in [-0.15, -0.1) is 0 Å². The summed E-state index contributed by atoms with van der Waals surface area (Å²) in [6, 6.07) is 5.41. The number of rotatable bonds is 5. The number of nitrogens with zero attached hydrogens (tertiary/aromatic N) is 2. The van der Waals surface area contributed by atoms with Crippen LogP contribution in [0.25, 0.3) is 10.8 Å². The lowest BCUT2D eigenvalue weighted by atomic mass is 10.1. The van der Waals surface area contributed by atoms with Crippen LogP contribution in [0.2, 0.25) is 0 Å². The quantitative estimate of drug-likeness (QED) is 0.709. The maximum absolute atomic E-state index is 11.8. The molecule has 1 amide bonds. The number of hydrogen-bond acceptors (Lipinski definition) is 4. The average molecular weight is 430 g/mol. The second kappa shape index (κ2) is 8.11. The first-order valence-electron chi connectivity index (χ1n) is 7.56. The van der Waals surface area contributed by atoms with Crippen molar-refractivity contribution in [3.05, 3.63) is 35.1 Å². The van der Waals surface area contributed by atoms with Crippen molar-refractivity contribution in [3.63, 3.8) is 0 Å². The number of nitrogens with one attached hydrogen (secondary N) is 1. The third-order valence-electron chi connectivity index (χ3n) is 3.14. The van der Waals surface area contributed by atoms with Gasteiger partial charge >= 0.3 is 6.09 Å². The number of halogens is 1. The van der Waals surface area contributed by atoms with Crippen molar-refractivity contribution in [1.29, 1.82) is 0 Å². The molecule has 136 valence electrons. The van der Waals surface area contributed by atoms with Crippen molar-refractivity contribution in [1.82, 2.24) is 10.3 Å². The zero-order valence-electron chi connectivity index (χ0n) is 14.2. The normalized spacial score (nSPS) is 12.7. The number of carbonyl (C=O) groups excluding carboxylic acids is 1. The van der Waals surface area contributed by atoms with Crippen molar-refractivity contribution >= 4 is 49.7 Å². The van der Waals surface area contributed by atoms with Gasteiger partial charge in [-0.1, -0.05) is 15.9 Å². The van der Waals surface area contributed by atoms with E-state index in [1.807, 2.05) is 6.07 Å². The lowest BCUT2D eigenvalue weighted by molar-refractivity contribution is 0.0529. The van der Waals surface area contributed by atoms with Gasteiger partial charge < -0.3 is 10.1 Å². The molecule has 2 N–H and O–H groups in total. The van der Waals surface area contributed by atoms with Crippen molar-refractivity contribution < 1.29 is 18.3 Å². The molecule has 0 saturated heterocycles. The van der Waals surface area contributed by atoms with E-state index in [0.29, 0.717) is 5.69 Å². The van der Waals surface area contributed by atoms with Gasteiger partial charge in [0, 0.05) is 34.2 Å². The molecule has 0 aliphatic carbocycles. The number of anilines is 1. The van der Waals surface area contributed by atoms with E-state index in [4.69, 9.17) is 4.74 Å². The molecule has 1 unspecified atom stereocenters. The maximum Gasteiger partial charge on any atom is 0.407 e. The number of aromatic nitrogens is 1. The van der Waals surface area contributed by atoms with Gasteiger partial charge in [-0.2, -0.15) is 0 Å². The summed E-state index contributed by atoms with van der Waals surface area (Å²) < 4.78 is 28.7. The Morgan fingerprint density at radius 2 is 2.16 bits per heavy atom. The summed E-state index contributed by atoms with van der Waals surface area (Å²) in [6.07, 6.45) is 2.73. The van der Waals surface area contributed by atoms with Crippen LogP contribution in [-0.4, -0.2) is 38.5 Å². The molecule has 0 aliphatic heterocycles. The Balaban J connectivity index is 2.17. The Kier molecular flexibility index (Phi) is 6.36. The molecule has 0 saturated carbocycles. The molecule has 25 heavy (non-hydrogen) atoms. The second-order valence-electron chi connectivity index (χ2n) is 6.28. The fourth-order valence-electron chi connectivity index (χ4n) is 2.22. The van der Waals surface area contributed by atoms with E-state index in [9.17, 15) is 13.6 Å². The van der Waals surface area contributed by atoms with Crippen LogP contribution in [0.5, 0.6) is 0 Å². The number of hydrogen-bond donors (Lipinski definition) is 2. The average Bonchev–Trinajstić information content (AvgIpc) is 2.48. The number of amides is 1. The minimum absolute atomic E-state index is 0.135. The third kappa shape index (κ3) is 5.65. The van der Waals surface area contributed by atoms with Gasteiger partial charge in [0.05, 0.1) is 12.2 Å². The highest BCUT2D eigenvalue weighted by Crippen LogP contribution is 2.31. The Morgan fingerprint density at radius 3 is 2.80 bits per heavy atom. The number of fused-ring (bicyclic) bond motifs is 1. The number of benzene rings is 1. The molecular formula is C16H20BrN3O4S. The topological polar surface area (TPSA) is 91.8 Å². The zero-order valence-corrected chi connectivity index (χ0v) is 16.6. The number of carbonyl (C=O) groups is 1. The van der Waals surface area contributed by atoms with Crippen LogP contribution in [0.1, 0.15) is 20.8 Å². The van der Waals surface area contributed by atoms with Gasteiger partial charge in [-0.3, -0.25) is 13.8 Å². The van der Waals surface area contributed by atoms with Crippen LogP contribution in [0.15, 0.2) is 35.1 Å². The molecule has 7 nitrogen and oxygen atoms in total. The Labute approximate surface area is 157 Å². The minimum atomic E-state index is -2.25. The Morgan fingerprint density at radius 1 is 1.44 bits per heavy atom. The molecule has 0 spiro atoms. The number of alkyl carbamates (subject to hydrolysis) is 1. The highest BCUT2D eigenvalue weighted by Gasteiger charge is 2.19. The predicted molar refractivity (Wildman–Crippen MR) is 102 cm³/mol. The highest BCUT2D eigenvalue weighted by molar-refractivity contribution is 9.10. The lowest BCUT2D eigenvalue weighted by Gasteiger charge is -2.23. The second-order valence-corrected chi connectivity index (χ2v) is 8.10. The maximum atomic E-state index is 11.8. The molecule has 1 atom stereocenters. The first-order chi connectivity index (χ1) is 11.7. The van der Waals surface area contributed by atoms with Gasteiger partial charge in [0.2, 0.25) is 0 Å². The molecule has 1 aromatic carbocycles. The van der Waals surface area contributed by atoms with E-state index in [0.717, 1.165) is 15.2 Å². The van der Waals surface area contributed by atoms with Gasteiger partial charge in [-0.05, 0) is 39.0 Å². The van der Waals surface area contributed by atoms with Gasteiger partial charge in [0.1, 0.15) is 5.60 Å². The smallest absolute Gasteiger partial charge is 0.407 e. The van der Waals surface area contributed by atoms with E-state index >= 15 is 0 Å². The summed E-state index contributed by atoms with van der Waals surface area (Å²) in [5.41, 5.74) is -0.0320. The molecule has 0 fully saturated rings. The fourth-order valence-corrected chi connectivity index (χ4v) is 3.25. The van der Waals surface area contributed by atoms with Crippen molar-refractivity contribution in [2.24, 2.45) is 0 Å². The van der Waals surface area contributed by atoms with Crippen molar-refractivity contribution in [2.75, 3.05) is 17.4 Å². The number of ether oxygens (including phenoxy) is 1. The van der Waals surface area contributed by atoms with Gasteiger partial charge in [-0.25, -0.2) is 9.00 Å². The highest BCUT2D eigenvalue weighted by atomic mass is 79.9. The zero-order chi connectivity index (χ0) is 18.6. The van der Waals surface area contributed by atoms with Crippen LogP contribution < -0.4 is 9.62 Å². The predicted octanol–water partition coefficient (Wildman–Crippen LogP) is 3.47. The molecule has 1 heterocycles. The first-order valence-corrected chi connectivity index (χ1v) is 9.41. The van der Waals surface area contributed by atoms with E-state index < -0.39 is 23.0 Å². The van der Waals surface area contributed by atoms with Crippen LogP contribution in [-0.2, 0) is 16.0 Å². The van der Waals surface area contributed by atoms with E-state index in [1.165, 1.54) is 4.31 Å². The van der Waals surface area contributed by atoms with E-state index in [2.05, 4.69) is 26.2 Å². The molecule has 2 rings (SSSR count).